The molecule has 0 aliphatic heterocycles. The highest BCUT2D eigenvalue weighted by atomic mass is 16.6. The van der Waals surface area contributed by atoms with Crippen molar-refractivity contribution in [3.05, 3.63) is 95.6 Å². The summed E-state index contributed by atoms with van der Waals surface area (Å²) < 4.78 is 11.1. The monoisotopic (exact) mass is 346 g/mol. The molecule has 0 unspecified atom stereocenters. The summed E-state index contributed by atoms with van der Waals surface area (Å²) in [6.07, 6.45) is 0.633. The molecule has 0 radical (unpaired) electrons. The molecule has 130 valence electrons. The number of benzene rings is 3. The zero-order valence-electron chi connectivity index (χ0n) is 14.3. The van der Waals surface area contributed by atoms with E-state index >= 15 is 0 Å². The van der Waals surface area contributed by atoms with Gasteiger partial charge in [-0.05, 0) is 42.3 Å². The average molecular weight is 346 g/mol. The Hall–Kier alpha value is -3.40. The van der Waals surface area contributed by atoms with Gasteiger partial charge in [0.05, 0.1) is 11.1 Å². The van der Waals surface area contributed by atoms with Crippen molar-refractivity contribution in [3.63, 3.8) is 0 Å². The zero-order valence-corrected chi connectivity index (χ0v) is 14.3. The number of para-hydroxylation sites is 1. The maximum atomic E-state index is 12.4. The van der Waals surface area contributed by atoms with E-state index in [1.54, 1.807) is 60.7 Å². The molecule has 0 atom stereocenters. The van der Waals surface area contributed by atoms with Gasteiger partial charge in [0, 0.05) is 0 Å². The van der Waals surface area contributed by atoms with Crippen LogP contribution in [0, 0.1) is 0 Å². The second-order valence-corrected chi connectivity index (χ2v) is 5.61. The van der Waals surface area contributed by atoms with Gasteiger partial charge in [-0.15, -0.1) is 0 Å². The van der Waals surface area contributed by atoms with E-state index in [0.29, 0.717) is 17.5 Å². The Labute approximate surface area is 152 Å². The lowest BCUT2D eigenvalue weighted by atomic mass is 10.1. The summed E-state index contributed by atoms with van der Waals surface area (Å²) >= 11 is 0. The van der Waals surface area contributed by atoms with Crippen LogP contribution in [0.2, 0.25) is 0 Å². The molecule has 0 bridgehead atoms. The minimum Gasteiger partial charge on any atom is -0.419 e. The van der Waals surface area contributed by atoms with E-state index < -0.39 is 11.9 Å². The predicted octanol–water partition coefficient (Wildman–Crippen LogP) is 4.69. The topological polar surface area (TPSA) is 52.6 Å². The van der Waals surface area contributed by atoms with Crippen LogP contribution in [0.5, 0.6) is 11.5 Å². The molecular formula is C22H18O4. The van der Waals surface area contributed by atoms with Gasteiger partial charge in [-0.25, -0.2) is 9.59 Å². The molecule has 4 heteroatoms. The second-order valence-electron chi connectivity index (χ2n) is 5.61. The van der Waals surface area contributed by atoms with Crippen LogP contribution in [0.1, 0.15) is 33.2 Å². The van der Waals surface area contributed by atoms with E-state index in [1.165, 1.54) is 0 Å². The van der Waals surface area contributed by atoms with Gasteiger partial charge in [0.1, 0.15) is 0 Å². The molecule has 0 saturated heterocycles. The molecule has 0 aliphatic rings. The Kier molecular flexibility index (Phi) is 5.44. The van der Waals surface area contributed by atoms with Gasteiger partial charge in [0.2, 0.25) is 0 Å². The largest absolute Gasteiger partial charge is 0.419 e. The standard InChI is InChI=1S/C22H18O4/c1-2-16-14-9-15-19(25-21(23)17-10-5-3-6-11-17)20(16)26-22(24)18-12-7-4-8-13-18/h3-15H,2H2,1H3. The van der Waals surface area contributed by atoms with Crippen LogP contribution in [0.4, 0.5) is 0 Å². The van der Waals surface area contributed by atoms with Crippen molar-refractivity contribution in [2.45, 2.75) is 13.3 Å². The quantitative estimate of drug-likeness (QED) is 0.497. The number of rotatable bonds is 5. The Balaban J connectivity index is 1.89. The summed E-state index contributed by atoms with van der Waals surface area (Å²) in [6, 6.07) is 22.6. The average Bonchev–Trinajstić information content (AvgIpc) is 2.70. The van der Waals surface area contributed by atoms with Crippen molar-refractivity contribution in [2.24, 2.45) is 0 Å². The molecule has 0 spiro atoms. The highest BCUT2D eigenvalue weighted by molar-refractivity contribution is 5.93. The van der Waals surface area contributed by atoms with E-state index in [9.17, 15) is 9.59 Å². The van der Waals surface area contributed by atoms with Crippen LogP contribution in [0.25, 0.3) is 0 Å². The van der Waals surface area contributed by atoms with Gasteiger partial charge in [-0.2, -0.15) is 0 Å². The van der Waals surface area contributed by atoms with Crippen LogP contribution in [0.15, 0.2) is 78.9 Å². The number of ether oxygens (including phenoxy) is 2. The van der Waals surface area contributed by atoms with E-state index in [4.69, 9.17) is 9.47 Å². The number of carbonyl (C=O) groups excluding carboxylic acids is 2. The highest BCUT2D eigenvalue weighted by Gasteiger charge is 2.18. The van der Waals surface area contributed by atoms with Crippen LogP contribution in [0.3, 0.4) is 0 Å². The Bertz CT molecular complexity index is 902. The number of aryl methyl sites for hydroxylation is 1. The Morgan fingerprint density at radius 1 is 0.692 bits per heavy atom. The van der Waals surface area contributed by atoms with E-state index in [1.807, 2.05) is 25.1 Å². The maximum absolute atomic E-state index is 12.4. The Morgan fingerprint density at radius 3 is 1.77 bits per heavy atom. The van der Waals surface area contributed by atoms with Gasteiger partial charge in [0.25, 0.3) is 0 Å². The number of esters is 2. The fraction of sp³-hybridized carbons (Fsp3) is 0.0909. The summed E-state index contributed by atoms with van der Waals surface area (Å²) in [5, 5.41) is 0. The summed E-state index contributed by atoms with van der Waals surface area (Å²) in [6.45, 7) is 1.94. The molecule has 0 saturated carbocycles. The number of carbonyl (C=O) groups is 2. The van der Waals surface area contributed by atoms with Crippen molar-refractivity contribution in [1.29, 1.82) is 0 Å². The summed E-state index contributed by atoms with van der Waals surface area (Å²) in [5.74, 6) is -0.505. The van der Waals surface area contributed by atoms with E-state index in [0.717, 1.165) is 5.56 Å². The first kappa shape index (κ1) is 17.4. The molecule has 3 rings (SSSR count). The minimum absolute atomic E-state index is 0.225. The van der Waals surface area contributed by atoms with Gasteiger partial charge >= 0.3 is 11.9 Å². The third-order valence-corrected chi connectivity index (χ3v) is 3.86. The number of hydrogen-bond donors (Lipinski definition) is 0. The molecular weight excluding hydrogens is 328 g/mol. The van der Waals surface area contributed by atoms with Crippen LogP contribution >= 0.6 is 0 Å². The normalized spacial score (nSPS) is 10.2. The molecule has 3 aromatic carbocycles. The van der Waals surface area contributed by atoms with Crippen molar-refractivity contribution in [2.75, 3.05) is 0 Å². The highest BCUT2D eigenvalue weighted by Crippen LogP contribution is 2.33. The first-order chi connectivity index (χ1) is 12.7. The van der Waals surface area contributed by atoms with Crippen LogP contribution in [-0.4, -0.2) is 11.9 Å². The molecule has 0 aromatic heterocycles. The number of hydrogen-bond acceptors (Lipinski definition) is 4. The molecule has 0 fully saturated rings. The fourth-order valence-corrected chi connectivity index (χ4v) is 2.49. The van der Waals surface area contributed by atoms with Crippen molar-refractivity contribution < 1.29 is 19.1 Å². The SMILES string of the molecule is CCc1cccc(OC(=O)c2ccccc2)c1OC(=O)c1ccccc1. The second kappa shape index (κ2) is 8.12. The van der Waals surface area contributed by atoms with Crippen molar-refractivity contribution in [3.8, 4) is 11.5 Å². The summed E-state index contributed by atoms with van der Waals surface area (Å²) in [7, 11) is 0. The molecule has 0 N–H and O–H groups in total. The van der Waals surface area contributed by atoms with Gasteiger partial charge in [-0.1, -0.05) is 55.5 Å². The molecule has 0 amide bonds. The van der Waals surface area contributed by atoms with Crippen molar-refractivity contribution in [1.82, 2.24) is 0 Å². The molecule has 4 nitrogen and oxygen atoms in total. The van der Waals surface area contributed by atoms with Crippen LogP contribution in [-0.2, 0) is 6.42 Å². The van der Waals surface area contributed by atoms with E-state index in [2.05, 4.69) is 0 Å². The zero-order chi connectivity index (χ0) is 18.4. The molecule has 0 heterocycles. The van der Waals surface area contributed by atoms with E-state index in [-0.39, 0.29) is 11.5 Å². The van der Waals surface area contributed by atoms with Gasteiger partial charge in [-0.3, -0.25) is 0 Å². The lowest BCUT2D eigenvalue weighted by molar-refractivity contribution is 0.0681. The third-order valence-electron chi connectivity index (χ3n) is 3.86. The lowest BCUT2D eigenvalue weighted by Gasteiger charge is -2.14. The van der Waals surface area contributed by atoms with Crippen molar-refractivity contribution >= 4 is 11.9 Å². The fourth-order valence-electron chi connectivity index (χ4n) is 2.49. The summed E-state index contributed by atoms with van der Waals surface area (Å²) in [4.78, 5) is 24.8. The molecule has 26 heavy (non-hydrogen) atoms. The predicted molar refractivity (Wildman–Crippen MR) is 98.6 cm³/mol. The van der Waals surface area contributed by atoms with Crippen LogP contribution < -0.4 is 9.47 Å². The Morgan fingerprint density at radius 2 is 1.23 bits per heavy atom. The van der Waals surface area contributed by atoms with Gasteiger partial charge in [0.15, 0.2) is 11.5 Å². The third kappa shape index (κ3) is 3.98. The van der Waals surface area contributed by atoms with Gasteiger partial charge < -0.3 is 9.47 Å². The maximum Gasteiger partial charge on any atom is 0.343 e. The molecule has 3 aromatic rings. The first-order valence-corrected chi connectivity index (χ1v) is 8.35. The first-order valence-electron chi connectivity index (χ1n) is 8.35. The molecule has 0 aliphatic carbocycles. The minimum atomic E-state index is -0.504. The smallest absolute Gasteiger partial charge is 0.343 e. The lowest BCUT2D eigenvalue weighted by Crippen LogP contribution is -2.13. The summed E-state index contributed by atoms with van der Waals surface area (Å²) in [5.41, 5.74) is 1.64.